The first kappa shape index (κ1) is 13.4. The van der Waals surface area contributed by atoms with E-state index < -0.39 is 6.10 Å². The number of β-amino-alcohol motifs (C(OH)–C–C–N with tert-alkyl or cyclic N) is 1. The summed E-state index contributed by atoms with van der Waals surface area (Å²) in [6.07, 6.45) is 3.40. The van der Waals surface area contributed by atoms with E-state index in [4.69, 9.17) is 4.42 Å². The number of rotatable bonds is 5. The third-order valence-electron chi connectivity index (χ3n) is 3.70. The van der Waals surface area contributed by atoms with E-state index in [-0.39, 0.29) is 0 Å². The summed E-state index contributed by atoms with van der Waals surface area (Å²) in [7, 11) is 0. The predicted molar refractivity (Wildman–Crippen MR) is 78.8 cm³/mol. The van der Waals surface area contributed by atoms with Gasteiger partial charge in [0.1, 0.15) is 5.52 Å². The van der Waals surface area contributed by atoms with Gasteiger partial charge in [-0.1, -0.05) is 18.6 Å². The van der Waals surface area contributed by atoms with Crippen LogP contribution in [0.1, 0.15) is 19.3 Å². The topological polar surface area (TPSA) is 61.5 Å². The van der Waals surface area contributed by atoms with Crippen LogP contribution in [0.25, 0.3) is 11.1 Å². The maximum Gasteiger partial charge on any atom is 0.295 e. The van der Waals surface area contributed by atoms with Crippen LogP contribution in [0.4, 0.5) is 6.01 Å². The molecule has 1 atom stereocenters. The highest BCUT2D eigenvalue weighted by atomic mass is 16.4. The largest absolute Gasteiger partial charge is 0.424 e. The van der Waals surface area contributed by atoms with Gasteiger partial charge in [0, 0.05) is 13.1 Å². The van der Waals surface area contributed by atoms with Crippen LogP contribution >= 0.6 is 0 Å². The number of aliphatic hydroxyl groups excluding tert-OH is 1. The zero-order valence-electron chi connectivity index (χ0n) is 11.6. The summed E-state index contributed by atoms with van der Waals surface area (Å²) in [6.45, 7) is 3.37. The van der Waals surface area contributed by atoms with Gasteiger partial charge >= 0.3 is 0 Å². The number of fused-ring (bicyclic) bond motifs is 1. The van der Waals surface area contributed by atoms with E-state index in [0.29, 0.717) is 19.1 Å². The molecule has 2 aromatic rings. The Balaban J connectivity index is 1.50. The first-order chi connectivity index (χ1) is 9.81. The number of likely N-dealkylation sites (tertiary alicyclic amines) is 1. The van der Waals surface area contributed by atoms with Crippen LogP contribution in [0, 0.1) is 0 Å². The Morgan fingerprint density at radius 1 is 1.25 bits per heavy atom. The van der Waals surface area contributed by atoms with Crippen LogP contribution in [0.15, 0.2) is 28.7 Å². The van der Waals surface area contributed by atoms with E-state index in [1.54, 1.807) is 0 Å². The molecule has 1 fully saturated rings. The van der Waals surface area contributed by atoms with Gasteiger partial charge in [0.2, 0.25) is 0 Å². The van der Waals surface area contributed by atoms with Crippen molar-refractivity contribution in [3.05, 3.63) is 24.3 Å². The second-order valence-electron chi connectivity index (χ2n) is 5.38. The molecule has 5 heteroatoms. The Kier molecular flexibility index (Phi) is 4.18. The highest BCUT2D eigenvalue weighted by molar-refractivity contribution is 5.74. The van der Waals surface area contributed by atoms with E-state index >= 15 is 0 Å². The third-order valence-corrected chi connectivity index (χ3v) is 3.70. The van der Waals surface area contributed by atoms with Gasteiger partial charge in [0.15, 0.2) is 5.58 Å². The number of para-hydroxylation sites is 2. The van der Waals surface area contributed by atoms with Crippen molar-refractivity contribution in [2.45, 2.75) is 25.4 Å². The van der Waals surface area contributed by atoms with Gasteiger partial charge in [-0.05, 0) is 38.1 Å². The molecule has 1 aliphatic heterocycles. The van der Waals surface area contributed by atoms with Crippen molar-refractivity contribution in [1.82, 2.24) is 9.88 Å². The summed E-state index contributed by atoms with van der Waals surface area (Å²) in [5, 5.41) is 13.1. The van der Waals surface area contributed by atoms with Crippen LogP contribution in [0.5, 0.6) is 0 Å². The van der Waals surface area contributed by atoms with Crippen LogP contribution in [0.2, 0.25) is 0 Å². The fourth-order valence-corrected chi connectivity index (χ4v) is 2.66. The molecule has 0 aliphatic carbocycles. The molecular formula is C15H21N3O2. The SMILES string of the molecule is O[C@@H](CNc1nc2ccccc2o1)CN1CCCCC1. The molecule has 108 valence electrons. The minimum atomic E-state index is -0.400. The Morgan fingerprint density at radius 2 is 2.05 bits per heavy atom. The lowest BCUT2D eigenvalue weighted by Gasteiger charge is -2.28. The van der Waals surface area contributed by atoms with Crippen molar-refractivity contribution in [3.8, 4) is 0 Å². The highest BCUT2D eigenvalue weighted by Crippen LogP contribution is 2.18. The van der Waals surface area contributed by atoms with Gasteiger partial charge in [0.25, 0.3) is 6.01 Å². The lowest BCUT2D eigenvalue weighted by atomic mass is 10.1. The average Bonchev–Trinajstić information content (AvgIpc) is 2.89. The second-order valence-corrected chi connectivity index (χ2v) is 5.38. The number of hydrogen-bond donors (Lipinski definition) is 2. The Morgan fingerprint density at radius 3 is 2.85 bits per heavy atom. The maximum absolute atomic E-state index is 10.1. The molecule has 1 saturated heterocycles. The van der Waals surface area contributed by atoms with Gasteiger partial charge in [-0.15, -0.1) is 0 Å². The van der Waals surface area contributed by atoms with Gasteiger partial charge < -0.3 is 19.7 Å². The zero-order valence-corrected chi connectivity index (χ0v) is 11.6. The molecule has 0 saturated carbocycles. The lowest BCUT2D eigenvalue weighted by molar-refractivity contribution is 0.109. The van der Waals surface area contributed by atoms with Gasteiger partial charge in [-0.2, -0.15) is 4.98 Å². The van der Waals surface area contributed by atoms with E-state index in [0.717, 1.165) is 24.2 Å². The quantitative estimate of drug-likeness (QED) is 0.875. The number of nitrogens with zero attached hydrogens (tertiary/aromatic N) is 2. The van der Waals surface area contributed by atoms with Crippen LogP contribution in [-0.4, -0.2) is 47.3 Å². The number of oxazole rings is 1. The number of hydrogen-bond acceptors (Lipinski definition) is 5. The van der Waals surface area contributed by atoms with Crippen molar-refractivity contribution in [2.24, 2.45) is 0 Å². The van der Waals surface area contributed by atoms with Crippen molar-refractivity contribution in [2.75, 3.05) is 31.5 Å². The van der Waals surface area contributed by atoms with Crippen molar-refractivity contribution in [1.29, 1.82) is 0 Å². The van der Waals surface area contributed by atoms with E-state index in [9.17, 15) is 5.11 Å². The minimum Gasteiger partial charge on any atom is -0.424 e. The first-order valence-corrected chi connectivity index (χ1v) is 7.31. The molecule has 0 spiro atoms. The van der Waals surface area contributed by atoms with Crippen molar-refractivity contribution >= 4 is 17.1 Å². The van der Waals surface area contributed by atoms with Crippen LogP contribution < -0.4 is 5.32 Å². The summed E-state index contributed by atoms with van der Waals surface area (Å²) in [4.78, 5) is 6.65. The van der Waals surface area contributed by atoms with E-state index in [1.807, 2.05) is 24.3 Å². The van der Waals surface area contributed by atoms with Crippen LogP contribution in [0.3, 0.4) is 0 Å². The first-order valence-electron chi connectivity index (χ1n) is 7.31. The van der Waals surface area contributed by atoms with E-state index in [1.165, 1.54) is 19.3 Å². The Labute approximate surface area is 118 Å². The monoisotopic (exact) mass is 275 g/mol. The molecule has 20 heavy (non-hydrogen) atoms. The normalized spacial score (nSPS) is 18.2. The number of anilines is 1. The molecule has 0 radical (unpaired) electrons. The molecule has 0 amide bonds. The number of aliphatic hydroxyl groups is 1. The second kappa shape index (κ2) is 6.24. The molecule has 1 aromatic carbocycles. The fraction of sp³-hybridized carbons (Fsp3) is 0.533. The minimum absolute atomic E-state index is 0.400. The maximum atomic E-state index is 10.1. The number of piperidine rings is 1. The highest BCUT2D eigenvalue weighted by Gasteiger charge is 2.15. The Bertz CT molecular complexity index is 516. The molecule has 0 bridgehead atoms. The fourth-order valence-electron chi connectivity index (χ4n) is 2.66. The number of benzene rings is 1. The van der Waals surface area contributed by atoms with Crippen LogP contribution in [-0.2, 0) is 0 Å². The average molecular weight is 275 g/mol. The van der Waals surface area contributed by atoms with E-state index in [2.05, 4.69) is 15.2 Å². The predicted octanol–water partition coefficient (Wildman–Crippen LogP) is 2.09. The molecular weight excluding hydrogens is 254 g/mol. The van der Waals surface area contributed by atoms with Gasteiger partial charge in [-0.3, -0.25) is 0 Å². The summed E-state index contributed by atoms with van der Waals surface area (Å²) < 4.78 is 5.56. The molecule has 5 nitrogen and oxygen atoms in total. The van der Waals surface area contributed by atoms with Gasteiger partial charge in [0.05, 0.1) is 6.10 Å². The summed E-state index contributed by atoms with van der Waals surface area (Å²) in [6, 6.07) is 8.12. The number of aromatic nitrogens is 1. The lowest BCUT2D eigenvalue weighted by Crippen LogP contribution is -2.39. The molecule has 2 N–H and O–H groups in total. The number of nitrogens with one attached hydrogen (secondary N) is 1. The standard InChI is InChI=1S/C15H21N3O2/c19-12(11-18-8-4-1-5-9-18)10-16-15-17-13-6-2-3-7-14(13)20-15/h2-3,6-7,12,19H,1,4-5,8-11H2,(H,16,17)/t12-/m0/s1. The van der Waals surface area contributed by atoms with Gasteiger partial charge in [-0.25, -0.2) is 0 Å². The Hall–Kier alpha value is -1.59. The third kappa shape index (κ3) is 3.29. The van der Waals surface area contributed by atoms with Crippen molar-refractivity contribution < 1.29 is 9.52 Å². The molecule has 0 unspecified atom stereocenters. The molecule has 1 aromatic heterocycles. The summed E-state index contributed by atoms with van der Waals surface area (Å²) in [5.41, 5.74) is 1.60. The summed E-state index contributed by atoms with van der Waals surface area (Å²) >= 11 is 0. The molecule has 2 heterocycles. The van der Waals surface area contributed by atoms with Crippen molar-refractivity contribution in [3.63, 3.8) is 0 Å². The smallest absolute Gasteiger partial charge is 0.295 e. The molecule has 1 aliphatic rings. The zero-order chi connectivity index (χ0) is 13.8. The summed E-state index contributed by atoms with van der Waals surface area (Å²) in [5.74, 6) is 0. The molecule has 3 rings (SSSR count).